The Labute approximate surface area is 160 Å². The fourth-order valence-electron chi connectivity index (χ4n) is 3.28. The molecule has 1 aromatic heterocycles. The van der Waals surface area contributed by atoms with Crippen LogP contribution in [0.2, 0.25) is 0 Å². The smallest absolute Gasteiger partial charge is 0.282 e. The minimum atomic E-state index is -4.10. The van der Waals surface area contributed by atoms with Gasteiger partial charge in [0.2, 0.25) is 0 Å². The maximum atomic E-state index is 11.1. The number of nitrogens with zero attached hydrogens (tertiary/aromatic N) is 1. The zero-order valence-electron chi connectivity index (χ0n) is 16.5. The Bertz CT molecular complexity index is 572. The Morgan fingerprint density at radius 3 is 1.73 bits per heavy atom. The standard InChI is InChI=1S/C21H37NO3S/c1-2-3-4-5-6-7-8-9-10-11-12-13-14-15-18-22-19-16-17-21(20-22)26(23,24)25/h16-17,19-20H,2-15,18H2,1H3/p+1. The van der Waals surface area contributed by atoms with Gasteiger partial charge >= 0.3 is 0 Å². The predicted octanol–water partition coefficient (Wildman–Crippen LogP) is 5.70. The molecular formula is C21H38NO3S+. The van der Waals surface area contributed by atoms with Gasteiger partial charge in [0.15, 0.2) is 17.3 Å². The number of aromatic nitrogens is 1. The lowest BCUT2D eigenvalue weighted by atomic mass is 10.0. The van der Waals surface area contributed by atoms with Gasteiger partial charge in [0, 0.05) is 12.5 Å². The van der Waals surface area contributed by atoms with Gasteiger partial charge in [0.25, 0.3) is 10.1 Å². The Balaban J connectivity index is 1.94. The first kappa shape index (κ1) is 23.1. The van der Waals surface area contributed by atoms with Gasteiger partial charge in [-0.25, -0.2) is 4.57 Å². The van der Waals surface area contributed by atoms with E-state index in [1.54, 1.807) is 6.07 Å². The molecule has 0 aliphatic heterocycles. The number of rotatable bonds is 16. The van der Waals surface area contributed by atoms with E-state index in [-0.39, 0.29) is 4.90 Å². The lowest BCUT2D eigenvalue weighted by Gasteiger charge is -2.03. The Morgan fingerprint density at radius 2 is 1.27 bits per heavy atom. The summed E-state index contributed by atoms with van der Waals surface area (Å²) in [4.78, 5) is -0.0367. The van der Waals surface area contributed by atoms with Crippen LogP contribution in [-0.2, 0) is 16.7 Å². The topological polar surface area (TPSA) is 58.2 Å². The molecule has 0 bridgehead atoms. The molecule has 0 saturated heterocycles. The quantitative estimate of drug-likeness (QED) is 0.226. The Hall–Kier alpha value is -0.940. The van der Waals surface area contributed by atoms with E-state index in [0.717, 1.165) is 13.0 Å². The van der Waals surface area contributed by atoms with Gasteiger partial charge in [0.1, 0.15) is 6.54 Å². The first-order valence-corrected chi connectivity index (χ1v) is 11.9. The maximum Gasteiger partial charge on any atom is 0.300 e. The van der Waals surface area contributed by atoms with Crippen LogP contribution < -0.4 is 4.57 Å². The van der Waals surface area contributed by atoms with Gasteiger partial charge < -0.3 is 0 Å². The summed E-state index contributed by atoms with van der Waals surface area (Å²) in [6.07, 6.45) is 21.9. The van der Waals surface area contributed by atoms with E-state index in [4.69, 9.17) is 4.55 Å². The minimum absolute atomic E-state index is 0.0367. The Kier molecular flexibility index (Phi) is 12.6. The summed E-state index contributed by atoms with van der Waals surface area (Å²) in [6.45, 7) is 3.06. The van der Waals surface area contributed by atoms with Gasteiger partial charge in [-0.15, -0.1) is 0 Å². The van der Waals surface area contributed by atoms with E-state index >= 15 is 0 Å². The highest BCUT2D eigenvalue weighted by Gasteiger charge is 2.13. The molecular weight excluding hydrogens is 346 g/mol. The fourth-order valence-corrected chi connectivity index (χ4v) is 3.80. The molecule has 4 nitrogen and oxygen atoms in total. The lowest BCUT2D eigenvalue weighted by molar-refractivity contribution is -0.699. The summed E-state index contributed by atoms with van der Waals surface area (Å²) in [6, 6.07) is 3.07. The molecule has 0 aliphatic carbocycles. The molecule has 1 heterocycles. The molecule has 0 aliphatic rings. The van der Waals surface area contributed by atoms with Crippen molar-refractivity contribution in [1.29, 1.82) is 0 Å². The normalized spacial score (nSPS) is 11.8. The molecule has 0 spiro atoms. The maximum absolute atomic E-state index is 11.1. The van der Waals surface area contributed by atoms with Crippen molar-refractivity contribution < 1.29 is 17.5 Å². The summed E-state index contributed by atoms with van der Waals surface area (Å²) in [5, 5.41) is 0. The average molecular weight is 385 g/mol. The molecule has 0 radical (unpaired) electrons. The van der Waals surface area contributed by atoms with E-state index in [1.807, 2.05) is 10.8 Å². The molecule has 150 valence electrons. The molecule has 0 saturated carbocycles. The third-order valence-electron chi connectivity index (χ3n) is 4.90. The summed E-state index contributed by atoms with van der Waals surface area (Å²) < 4.78 is 33.2. The second-order valence-electron chi connectivity index (χ2n) is 7.35. The van der Waals surface area contributed by atoms with Crippen molar-refractivity contribution in [2.24, 2.45) is 0 Å². The van der Waals surface area contributed by atoms with Crippen LogP contribution in [0.3, 0.4) is 0 Å². The van der Waals surface area contributed by atoms with Crippen LogP contribution in [0.4, 0.5) is 0 Å². The van der Waals surface area contributed by atoms with E-state index in [0.29, 0.717) is 0 Å². The number of hydrogen-bond acceptors (Lipinski definition) is 2. The average Bonchev–Trinajstić information content (AvgIpc) is 2.61. The second kappa shape index (κ2) is 14.2. The summed E-state index contributed by atoms with van der Waals surface area (Å²) in [7, 11) is -4.10. The van der Waals surface area contributed by atoms with E-state index in [9.17, 15) is 8.42 Å². The van der Waals surface area contributed by atoms with Crippen LogP contribution in [-0.4, -0.2) is 13.0 Å². The van der Waals surface area contributed by atoms with E-state index in [1.165, 1.54) is 95.7 Å². The van der Waals surface area contributed by atoms with Crippen LogP contribution in [0, 0.1) is 0 Å². The number of hydrogen-bond donors (Lipinski definition) is 1. The highest BCUT2D eigenvalue weighted by molar-refractivity contribution is 7.85. The third kappa shape index (κ3) is 11.6. The van der Waals surface area contributed by atoms with Gasteiger partial charge in [-0.3, -0.25) is 4.55 Å². The molecule has 0 fully saturated rings. The lowest BCUT2D eigenvalue weighted by Crippen LogP contribution is -2.33. The van der Waals surface area contributed by atoms with Crippen LogP contribution in [0.25, 0.3) is 0 Å². The van der Waals surface area contributed by atoms with Crippen molar-refractivity contribution >= 4 is 10.1 Å². The molecule has 0 aromatic carbocycles. The van der Waals surface area contributed by atoms with Gasteiger partial charge in [0.05, 0.1) is 0 Å². The van der Waals surface area contributed by atoms with Crippen molar-refractivity contribution in [1.82, 2.24) is 0 Å². The molecule has 0 unspecified atom stereocenters. The molecule has 1 aromatic rings. The monoisotopic (exact) mass is 384 g/mol. The number of unbranched alkanes of at least 4 members (excludes halogenated alkanes) is 13. The molecule has 1 rings (SSSR count). The second-order valence-corrected chi connectivity index (χ2v) is 8.77. The van der Waals surface area contributed by atoms with Gasteiger partial charge in [-0.05, 0) is 12.5 Å². The SMILES string of the molecule is CCCCCCCCCCCCCCCC[n+]1cccc(S(=O)(=O)O)c1. The van der Waals surface area contributed by atoms with Crippen LogP contribution in [0.5, 0.6) is 0 Å². The highest BCUT2D eigenvalue weighted by Crippen LogP contribution is 2.13. The third-order valence-corrected chi connectivity index (χ3v) is 5.74. The van der Waals surface area contributed by atoms with Crippen LogP contribution in [0.15, 0.2) is 29.4 Å². The summed E-state index contributed by atoms with van der Waals surface area (Å²) in [5.74, 6) is 0. The Morgan fingerprint density at radius 1 is 0.808 bits per heavy atom. The van der Waals surface area contributed by atoms with E-state index < -0.39 is 10.1 Å². The summed E-state index contributed by atoms with van der Waals surface area (Å²) in [5.41, 5.74) is 0. The van der Waals surface area contributed by atoms with Crippen molar-refractivity contribution in [3.8, 4) is 0 Å². The van der Waals surface area contributed by atoms with Crippen molar-refractivity contribution in [2.75, 3.05) is 0 Å². The number of pyridine rings is 1. The highest BCUT2D eigenvalue weighted by atomic mass is 32.2. The zero-order valence-corrected chi connectivity index (χ0v) is 17.4. The van der Waals surface area contributed by atoms with E-state index in [2.05, 4.69) is 6.92 Å². The van der Waals surface area contributed by atoms with Crippen molar-refractivity contribution in [2.45, 2.75) is 108 Å². The predicted molar refractivity (Wildman–Crippen MR) is 107 cm³/mol. The fraction of sp³-hybridized carbons (Fsp3) is 0.762. The molecule has 26 heavy (non-hydrogen) atoms. The molecule has 5 heteroatoms. The summed E-state index contributed by atoms with van der Waals surface area (Å²) >= 11 is 0. The van der Waals surface area contributed by atoms with Gasteiger partial charge in [-0.2, -0.15) is 8.42 Å². The largest absolute Gasteiger partial charge is 0.300 e. The minimum Gasteiger partial charge on any atom is -0.282 e. The van der Waals surface area contributed by atoms with Crippen molar-refractivity contribution in [3.63, 3.8) is 0 Å². The molecule has 0 atom stereocenters. The first-order chi connectivity index (χ1) is 12.5. The first-order valence-electron chi connectivity index (χ1n) is 10.5. The molecule has 0 amide bonds. The number of aryl methyl sites for hydroxylation is 1. The van der Waals surface area contributed by atoms with Crippen LogP contribution in [0.1, 0.15) is 96.8 Å². The molecule has 1 N–H and O–H groups in total. The van der Waals surface area contributed by atoms with Gasteiger partial charge in [-0.1, -0.05) is 84.0 Å². The van der Waals surface area contributed by atoms with Crippen molar-refractivity contribution in [3.05, 3.63) is 24.5 Å². The van der Waals surface area contributed by atoms with Crippen LogP contribution >= 0.6 is 0 Å². The zero-order chi connectivity index (χ0) is 19.1.